The Bertz CT molecular complexity index is 352. The fraction of sp³-hybridized carbons (Fsp3) is 0.417. The van der Waals surface area contributed by atoms with Crippen LogP contribution in [0.15, 0.2) is 23.1 Å². The highest BCUT2D eigenvalue weighted by Gasteiger charge is 2.06. The Hall–Kier alpha value is -0.940. The molecule has 0 aliphatic heterocycles. The van der Waals surface area contributed by atoms with Gasteiger partial charge in [-0.15, -0.1) is 11.8 Å². The summed E-state index contributed by atoms with van der Waals surface area (Å²) in [6, 6.07) is 8.43. The first kappa shape index (κ1) is 11.1. The van der Waals surface area contributed by atoms with Crippen LogP contribution in [0, 0.1) is 11.3 Å². The summed E-state index contributed by atoms with van der Waals surface area (Å²) in [5.74, 6) is 0.540. The van der Waals surface area contributed by atoms with Crippen molar-refractivity contribution in [3.63, 3.8) is 0 Å². The maximum Gasteiger partial charge on any atom is 0.100 e. The Kier molecular flexibility index (Phi) is 4.03. The van der Waals surface area contributed by atoms with Crippen molar-refractivity contribution in [1.82, 2.24) is 0 Å². The number of hydrogen-bond acceptors (Lipinski definition) is 2. The monoisotopic (exact) mass is 205 g/mol. The van der Waals surface area contributed by atoms with Gasteiger partial charge in [-0.2, -0.15) is 5.26 Å². The Morgan fingerprint density at radius 3 is 2.71 bits per heavy atom. The Balaban J connectivity index is 3.09. The van der Waals surface area contributed by atoms with E-state index in [1.807, 2.05) is 18.4 Å². The van der Waals surface area contributed by atoms with Gasteiger partial charge in [0.1, 0.15) is 6.07 Å². The van der Waals surface area contributed by atoms with Crippen LogP contribution in [0.5, 0.6) is 0 Å². The largest absolute Gasteiger partial charge is 0.192 e. The molecule has 1 rings (SSSR count). The first-order chi connectivity index (χ1) is 6.72. The highest BCUT2D eigenvalue weighted by atomic mass is 32.2. The molecule has 0 spiro atoms. The lowest BCUT2D eigenvalue weighted by Crippen LogP contribution is -1.93. The van der Waals surface area contributed by atoms with Crippen molar-refractivity contribution in [2.75, 3.05) is 6.26 Å². The van der Waals surface area contributed by atoms with Crippen molar-refractivity contribution in [3.8, 4) is 6.07 Å². The SMILES string of the molecule is CCC(C)c1ccc(SC)c(C#N)c1. The summed E-state index contributed by atoms with van der Waals surface area (Å²) in [5, 5.41) is 8.97. The Morgan fingerprint density at radius 1 is 1.50 bits per heavy atom. The van der Waals surface area contributed by atoms with Crippen molar-refractivity contribution in [2.45, 2.75) is 31.1 Å². The van der Waals surface area contributed by atoms with Gasteiger partial charge in [0, 0.05) is 4.90 Å². The molecular weight excluding hydrogens is 190 g/mol. The van der Waals surface area contributed by atoms with Crippen LogP contribution in [0.1, 0.15) is 37.3 Å². The van der Waals surface area contributed by atoms with Gasteiger partial charge >= 0.3 is 0 Å². The Labute approximate surface area is 90.1 Å². The minimum Gasteiger partial charge on any atom is -0.192 e. The number of thioether (sulfide) groups is 1. The van der Waals surface area contributed by atoms with Gasteiger partial charge in [0.2, 0.25) is 0 Å². The number of nitrogens with zero attached hydrogens (tertiary/aromatic N) is 1. The molecule has 1 unspecified atom stereocenters. The normalized spacial score (nSPS) is 12.1. The zero-order valence-electron chi connectivity index (χ0n) is 8.87. The molecule has 0 saturated carbocycles. The van der Waals surface area contributed by atoms with Gasteiger partial charge in [0.05, 0.1) is 5.56 Å². The first-order valence-corrected chi connectivity index (χ1v) is 6.03. The number of nitriles is 1. The lowest BCUT2D eigenvalue weighted by molar-refractivity contribution is 0.732. The van der Waals surface area contributed by atoms with Crippen LogP contribution in [0.25, 0.3) is 0 Å². The van der Waals surface area contributed by atoms with Crippen LogP contribution in [0.4, 0.5) is 0 Å². The average Bonchev–Trinajstić information content (AvgIpc) is 2.26. The summed E-state index contributed by atoms with van der Waals surface area (Å²) < 4.78 is 0. The highest BCUT2D eigenvalue weighted by molar-refractivity contribution is 7.98. The molecule has 0 heterocycles. The molecule has 0 N–H and O–H groups in total. The molecule has 1 aromatic carbocycles. The maximum atomic E-state index is 8.97. The standard InChI is InChI=1S/C12H15NS/c1-4-9(2)10-5-6-12(14-3)11(7-10)8-13/h5-7,9H,4H2,1-3H3. The van der Waals surface area contributed by atoms with Crippen molar-refractivity contribution >= 4 is 11.8 Å². The number of hydrogen-bond donors (Lipinski definition) is 0. The predicted octanol–water partition coefficient (Wildman–Crippen LogP) is 3.79. The van der Waals surface area contributed by atoms with E-state index in [-0.39, 0.29) is 0 Å². The van der Waals surface area contributed by atoms with Gasteiger partial charge in [0.25, 0.3) is 0 Å². The first-order valence-electron chi connectivity index (χ1n) is 4.81. The zero-order chi connectivity index (χ0) is 10.6. The van der Waals surface area contributed by atoms with Crippen LogP contribution in [0.2, 0.25) is 0 Å². The second-order valence-electron chi connectivity index (χ2n) is 3.38. The molecule has 0 aromatic heterocycles. The quantitative estimate of drug-likeness (QED) is 0.701. The highest BCUT2D eigenvalue weighted by Crippen LogP contribution is 2.25. The van der Waals surface area contributed by atoms with E-state index >= 15 is 0 Å². The van der Waals surface area contributed by atoms with E-state index in [2.05, 4.69) is 26.0 Å². The Morgan fingerprint density at radius 2 is 2.21 bits per heavy atom. The molecule has 1 aromatic rings. The second kappa shape index (κ2) is 5.07. The summed E-state index contributed by atoms with van der Waals surface area (Å²) in [7, 11) is 0. The summed E-state index contributed by atoms with van der Waals surface area (Å²) in [6.45, 7) is 4.36. The van der Waals surface area contributed by atoms with Crippen LogP contribution in [0.3, 0.4) is 0 Å². The molecule has 74 valence electrons. The molecule has 0 aliphatic carbocycles. The fourth-order valence-electron chi connectivity index (χ4n) is 1.36. The van der Waals surface area contributed by atoms with E-state index in [1.165, 1.54) is 5.56 Å². The lowest BCUT2D eigenvalue weighted by Gasteiger charge is -2.10. The van der Waals surface area contributed by atoms with Gasteiger partial charge < -0.3 is 0 Å². The van der Waals surface area contributed by atoms with Crippen LogP contribution in [-0.2, 0) is 0 Å². The number of rotatable bonds is 3. The lowest BCUT2D eigenvalue weighted by atomic mass is 9.97. The van der Waals surface area contributed by atoms with Crippen molar-refractivity contribution in [3.05, 3.63) is 29.3 Å². The van der Waals surface area contributed by atoms with E-state index in [0.717, 1.165) is 16.9 Å². The topological polar surface area (TPSA) is 23.8 Å². The third-order valence-electron chi connectivity index (χ3n) is 2.53. The van der Waals surface area contributed by atoms with E-state index in [9.17, 15) is 0 Å². The fourth-order valence-corrected chi connectivity index (χ4v) is 1.88. The molecule has 0 radical (unpaired) electrons. The van der Waals surface area contributed by atoms with Crippen LogP contribution >= 0.6 is 11.8 Å². The van der Waals surface area contributed by atoms with Gasteiger partial charge in [-0.1, -0.05) is 19.9 Å². The molecule has 0 saturated heterocycles. The van der Waals surface area contributed by atoms with Gasteiger partial charge in [0.15, 0.2) is 0 Å². The molecule has 1 atom stereocenters. The van der Waals surface area contributed by atoms with Crippen LogP contribution < -0.4 is 0 Å². The second-order valence-corrected chi connectivity index (χ2v) is 4.23. The molecule has 1 nitrogen and oxygen atoms in total. The molecule has 0 aliphatic rings. The summed E-state index contributed by atoms with van der Waals surface area (Å²) in [4.78, 5) is 1.07. The van der Waals surface area contributed by atoms with E-state index in [1.54, 1.807) is 11.8 Å². The number of benzene rings is 1. The predicted molar refractivity (Wildman–Crippen MR) is 61.6 cm³/mol. The third-order valence-corrected chi connectivity index (χ3v) is 3.32. The molecule has 0 bridgehead atoms. The third kappa shape index (κ3) is 2.30. The molecule has 0 amide bonds. The van der Waals surface area contributed by atoms with Gasteiger partial charge in [-0.05, 0) is 36.3 Å². The molecule has 14 heavy (non-hydrogen) atoms. The minimum absolute atomic E-state index is 0.540. The summed E-state index contributed by atoms with van der Waals surface area (Å²) in [5.41, 5.74) is 2.07. The molecule has 2 heteroatoms. The maximum absolute atomic E-state index is 8.97. The van der Waals surface area contributed by atoms with E-state index < -0.39 is 0 Å². The van der Waals surface area contributed by atoms with Crippen molar-refractivity contribution < 1.29 is 0 Å². The van der Waals surface area contributed by atoms with E-state index in [4.69, 9.17) is 5.26 Å². The average molecular weight is 205 g/mol. The van der Waals surface area contributed by atoms with Gasteiger partial charge in [-0.25, -0.2) is 0 Å². The summed E-state index contributed by atoms with van der Waals surface area (Å²) >= 11 is 1.63. The zero-order valence-corrected chi connectivity index (χ0v) is 9.69. The molecule has 0 fully saturated rings. The van der Waals surface area contributed by atoms with Crippen molar-refractivity contribution in [1.29, 1.82) is 5.26 Å². The summed E-state index contributed by atoms with van der Waals surface area (Å²) in [6.07, 6.45) is 3.11. The van der Waals surface area contributed by atoms with Gasteiger partial charge in [-0.3, -0.25) is 0 Å². The molecular formula is C12H15NS. The van der Waals surface area contributed by atoms with Crippen LogP contribution in [-0.4, -0.2) is 6.26 Å². The van der Waals surface area contributed by atoms with E-state index in [0.29, 0.717) is 5.92 Å². The minimum atomic E-state index is 0.540. The van der Waals surface area contributed by atoms with Crippen molar-refractivity contribution in [2.24, 2.45) is 0 Å². The smallest absolute Gasteiger partial charge is 0.100 e.